The van der Waals surface area contributed by atoms with E-state index < -0.39 is 29.5 Å². The van der Waals surface area contributed by atoms with E-state index in [2.05, 4.69) is 4.90 Å². The van der Waals surface area contributed by atoms with Gasteiger partial charge >= 0.3 is 6.18 Å². The average Bonchev–Trinajstić information content (AvgIpc) is 3.66. The van der Waals surface area contributed by atoms with Gasteiger partial charge in [-0.05, 0) is 60.0 Å². The van der Waals surface area contributed by atoms with E-state index in [1.807, 2.05) is 24.3 Å². The van der Waals surface area contributed by atoms with Gasteiger partial charge in [0.2, 0.25) is 0 Å². The van der Waals surface area contributed by atoms with Crippen molar-refractivity contribution in [3.63, 3.8) is 0 Å². The van der Waals surface area contributed by atoms with Gasteiger partial charge in [0, 0.05) is 58.1 Å². The third kappa shape index (κ3) is 7.77. The largest absolute Gasteiger partial charge is 0.497 e. The molecule has 0 radical (unpaired) electrons. The molecule has 0 saturated carbocycles. The van der Waals surface area contributed by atoms with E-state index in [1.165, 1.54) is 12.1 Å². The quantitative estimate of drug-likeness (QED) is 0.324. The highest BCUT2D eigenvalue weighted by Crippen LogP contribution is 2.43. The average molecular weight is 657 g/mol. The van der Waals surface area contributed by atoms with Crippen LogP contribution in [0, 0.1) is 0 Å². The van der Waals surface area contributed by atoms with E-state index in [9.17, 15) is 28.2 Å². The number of aliphatic hydroxyl groups excluding tert-OH is 2. The first-order valence-corrected chi connectivity index (χ1v) is 15.8. The summed E-state index contributed by atoms with van der Waals surface area (Å²) in [5.41, 5.74) is 0.598. The van der Waals surface area contributed by atoms with Gasteiger partial charge in [0.25, 0.3) is 5.91 Å². The fourth-order valence-electron chi connectivity index (χ4n) is 6.44. The number of hydrogen-bond acceptors (Lipinski definition) is 8. The molecule has 3 aromatic rings. The van der Waals surface area contributed by atoms with Crippen LogP contribution in [-0.4, -0.2) is 90.2 Å². The van der Waals surface area contributed by atoms with Crippen LogP contribution in [0.25, 0.3) is 0 Å². The molecule has 2 N–H and O–H groups in total. The molecule has 3 heterocycles. The van der Waals surface area contributed by atoms with E-state index in [-0.39, 0.29) is 31.4 Å². The van der Waals surface area contributed by atoms with E-state index in [1.54, 1.807) is 30.2 Å². The van der Waals surface area contributed by atoms with Crippen molar-refractivity contribution < 1.29 is 47.1 Å². The van der Waals surface area contributed by atoms with E-state index in [4.69, 9.17) is 18.9 Å². The van der Waals surface area contributed by atoms with Gasteiger partial charge < -0.3 is 39.0 Å². The summed E-state index contributed by atoms with van der Waals surface area (Å²) < 4.78 is 63.0. The van der Waals surface area contributed by atoms with Crippen LogP contribution in [0.15, 0.2) is 60.7 Å². The number of rotatable bonds is 10. The number of amides is 1. The van der Waals surface area contributed by atoms with Crippen molar-refractivity contribution in [2.24, 2.45) is 0 Å². The molecule has 2 saturated heterocycles. The topological polar surface area (TPSA) is 101 Å². The Hall–Kier alpha value is -4.00. The van der Waals surface area contributed by atoms with E-state index in [0.717, 1.165) is 17.4 Å². The maximum absolute atomic E-state index is 13.3. The van der Waals surface area contributed by atoms with Crippen LogP contribution in [0.1, 0.15) is 46.3 Å². The Morgan fingerprint density at radius 1 is 1.02 bits per heavy atom. The lowest BCUT2D eigenvalue weighted by molar-refractivity contribution is -0.137. The fourth-order valence-corrected chi connectivity index (χ4v) is 6.44. The summed E-state index contributed by atoms with van der Waals surface area (Å²) in [7, 11) is 1.60. The normalized spacial score (nSPS) is 19.7. The lowest BCUT2D eigenvalue weighted by Crippen LogP contribution is -2.49. The molecular formula is C35H39F3N2O7. The number of carbonyl (C=O) groups excluding carboxylic acids is 1. The van der Waals surface area contributed by atoms with Crippen LogP contribution in [0.4, 0.5) is 13.2 Å². The van der Waals surface area contributed by atoms with Crippen LogP contribution in [0.5, 0.6) is 23.0 Å². The summed E-state index contributed by atoms with van der Waals surface area (Å²) in [6.07, 6.45) is -3.68. The number of piperidine rings is 1. The number of methoxy groups -OCH3 is 1. The Bertz CT molecular complexity index is 1560. The van der Waals surface area contributed by atoms with Crippen LogP contribution < -0.4 is 18.9 Å². The second-order valence-corrected chi connectivity index (χ2v) is 12.5. The smallest absolute Gasteiger partial charge is 0.416 e. The molecule has 1 spiro atoms. The minimum atomic E-state index is -4.40. The van der Waals surface area contributed by atoms with Crippen molar-refractivity contribution in [3.8, 4) is 23.0 Å². The van der Waals surface area contributed by atoms with E-state index >= 15 is 0 Å². The van der Waals surface area contributed by atoms with Crippen molar-refractivity contribution in [3.05, 3.63) is 82.9 Å². The molecule has 2 atom stereocenters. The summed E-state index contributed by atoms with van der Waals surface area (Å²) in [6.45, 7) is 2.41. The van der Waals surface area contributed by atoms with Crippen LogP contribution in [0.2, 0.25) is 0 Å². The SMILES string of the molecule is COc1ccc(COc2ccc(C(=O)N3CC[C@H](O)C3)c(OC[C@H](O)CN3CCC4(CC3)Cc3cc(C(F)(F)F)ccc3O4)c2)cc1. The molecule has 1 amide bonds. The Morgan fingerprint density at radius 2 is 1.77 bits per heavy atom. The third-order valence-electron chi connectivity index (χ3n) is 9.09. The van der Waals surface area contributed by atoms with Gasteiger partial charge in [-0.25, -0.2) is 0 Å². The number of aliphatic hydroxyl groups is 2. The van der Waals surface area contributed by atoms with Gasteiger partial charge in [0.1, 0.15) is 47.9 Å². The predicted octanol–water partition coefficient (Wildman–Crippen LogP) is 4.71. The predicted molar refractivity (Wildman–Crippen MR) is 166 cm³/mol. The molecule has 3 aromatic carbocycles. The van der Waals surface area contributed by atoms with Gasteiger partial charge in [-0.1, -0.05) is 12.1 Å². The van der Waals surface area contributed by atoms with Crippen molar-refractivity contribution in [1.82, 2.24) is 9.80 Å². The van der Waals surface area contributed by atoms with Gasteiger partial charge in [-0.2, -0.15) is 13.2 Å². The van der Waals surface area contributed by atoms with Crippen LogP contribution >= 0.6 is 0 Å². The Balaban J connectivity index is 1.06. The van der Waals surface area contributed by atoms with Crippen LogP contribution in [0.3, 0.4) is 0 Å². The summed E-state index contributed by atoms with van der Waals surface area (Å²) >= 11 is 0. The van der Waals surface area contributed by atoms with Crippen molar-refractivity contribution in [1.29, 1.82) is 0 Å². The number of nitrogens with zero attached hydrogens (tertiary/aromatic N) is 2. The first kappa shape index (κ1) is 32.9. The zero-order chi connectivity index (χ0) is 33.2. The maximum atomic E-state index is 13.3. The first-order valence-electron chi connectivity index (χ1n) is 15.8. The lowest BCUT2D eigenvalue weighted by atomic mass is 9.86. The Morgan fingerprint density at radius 3 is 2.45 bits per heavy atom. The number of alkyl halides is 3. The molecule has 2 fully saturated rings. The summed E-state index contributed by atoms with van der Waals surface area (Å²) in [5.74, 6) is 1.74. The first-order chi connectivity index (χ1) is 22.5. The Labute approximate surface area is 271 Å². The molecule has 252 valence electrons. The molecule has 47 heavy (non-hydrogen) atoms. The van der Waals surface area contributed by atoms with Crippen molar-refractivity contribution in [2.75, 3.05) is 46.4 Å². The van der Waals surface area contributed by atoms with Crippen LogP contribution in [-0.2, 0) is 19.2 Å². The maximum Gasteiger partial charge on any atom is 0.416 e. The summed E-state index contributed by atoms with van der Waals surface area (Å²) in [5, 5.41) is 20.9. The minimum Gasteiger partial charge on any atom is -0.497 e. The molecule has 0 aliphatic carbocycles. The highest BCUT2D eigenvalue weighted by atomic mass is 19.4. The monoisotopic (exact) mass is 656 g/mol. The number of β-amino-alcohol motifs (C(OH)–C–C–N with tert-alkyl or cyclic N) is 2. The van der Waals surface area contributed by atoms with Crippen molar-refractivity contribution >= 4 is 5.91 Å². The minimum absolute atomic E-state index is 0.0748. The molecule has 6 rings (SSSR count). The highest BCUT2D eigenvalue weighted by molar-refractivity contribution is 5.97. The standard InChI is InChI=1S/C35H39F3N2O7/c1-44-28-5-2-23(3-6-28)21-45-29-7-8-30(33(43)40-13-10-26(41)20-40)32(17-29)46-22-27(42)19-39-14-11-34(12-15-39)18-24-16-25(35(36,37)38)4-9-31(24)47-34/h2-9,16-17,26-27,41-42H,10-15,18-22H2,1H3/t26-,27+/m0/s1. The summed E-state index contributed by atoms with van der Waals surface area (Å²) in [4.78, 5) is 17.0. The molecule has 12 heteroatoms. The lowest BCUT2D eigenvalue weighted by Gasteiger charge is -2.39. The number of halogens is 3. The summed E-state index contributed by atoms with van der Waals surface area (Å²) in [6, 6.07) is 16.1. The third-order valence-corrected chi connectivity index (χ3v) is 9.09. The molecule has 3 aliphatic heterocycles. The molecule has 0 aromatic heterocycles. The number of benzene rings is 3. The van der Waals surface area contributed by atoms with Gasteiger partial charge in [0.05, 0.1) is 24.3 Å². The number of likely N-dealkylation sites (tertiary alicyclic amines) is 2. The number of ether oxygens (including phenoxy) is 4. The molecule has 0 bridgehead atoms. The van der Waals surface area contributed by atoms with Gasteiger partial charge in [-0.3, -0.25) is 4.79 Å². The van der Waals surface area contributed by atoms with Gasteiger partial charge in [0.15, 0.2) is 0 Å². The fraction of sp³-hybridized carbons (Fsp3) is 0.457. The second kappa shape index (κ2) is 13.6. The molecular weight excluding hydrogens is 617 g/mol. The highest BCUT2D eigenvalue weighted by Gasteiger charge is 2.43. The number of hydrogen-bond donors (Lipinski definition) is 2. The molecule has 9 nitrogen and oxygen atoms in total. The molecule has 3 aliphatic rings. The Kier molecular flexibility index (Phi) is 9.54. The van der Waals surface area contributed by atoms with E-state index in [0.29, 0.717) is 74.5 Å². The second-order valence-electron chi connectivity index (χ2n) is 12.5. The zero-order valence-corrected chi connectivity index (χ0v) is 26.2. The van der Waals surface area contributed by atoms with Gasteiger partial charge in [-0.15, -0.1) is 0 Å². The number of carbonyl (C=O) groups is 1. The molecule has 0 unspecified atom stereocenters. The van der Waals surface area contributed by atoms with Crippen molar-refractivity contribution in [2.45, 2.75) is 56.3 Å². The zero-order valence-electron chi connectivity index (χ0n) is 26.2. The number of fused-ring (bicyclic) bond motifs is 1.